The van der Waals surface area contributed by atoms with E-state index in [2.05, 4.69) is 5.32 Å². The molecule has 0 saturated heterocycles. The van der Waals surface area contributed by atoms with E-state index in [9.17, 15) is 15.0 Å². The predicted molar refractivity (Wildman–Crippen MR) is 87.9 cm³/mol. The quantitative estimate of drug-likeness (QED) is 0.724. The number of nitrogens with one attached hydrogen (secondary N) is 1. The van der Waals surface area contributed by atoms with Gasteiger partial charge in [-0.25, -0.2) is 4.79 Å². The maximum atomic E-state index is 12.3. The minimum absolute atomic E-state index is 0.0385. The normalized spacial score (nSPS) is 13.7. The summed E-state index contributed by atoms with van der Waals surface area (Å²) < 4.78 is 0. The fraction of sp³-hybridized carbons (Fsp3) is 0.588. The highest BCUT2D eigenvalue weighted by Gasteiger charge is 2.19. The minimum atomic E-state index is -0.541. The molecule has 1 rings (SSSR count). The Balaban J connectivity index is 2.46. The molecule has 0 fully saturated rings. The molecule has 0 radical (unpaired) electrons. The van der Waals surface area contributed by atoms with Gasteiger partial charge in [-0.15, -0.1) is 0 Å². The van der Waals surface area contributed by atoms with Crippen LogP contribution in [0.4, 0.5) is 4.79 Å². The second-order valence-corrected chi connectivity index (χ2v) is 6.15. The largest absolute Gasteiger partial charge is 0.508 e. The summed E-state index contributed by atoms with van der Waals surface area (Å²) in [4.78, 5) is 13.9. The highest BCUT2D eigenvalue weighted by atomic mass is 16.3. The molecule has 0 aliphatic heterocycles. The van der Waals surface area contributed by atoms with Crippen LogP contribution in [-0.4, -0.2) is 45.9 Å². The molecule has 22 heavy (non-hydrogen) atoms. The van der Waals surface area contributed by atoms with Crippen LogP contribution in [0.25, 0.3) is 0 Å². The molecule has 2 unspecified atom stereocenters. The van der Waals surface area contributed by atoms with Crippen molar-refractivity contribution in [2.75, 3.05) is 6.54 Å². The van der Waals surface area contributed by atoms with Gasteiger partial charge in [0, 0.05) is 18.6 Å². The number of aromatic hydroxyl groups is 1. The van der Waals surface area contributed by atoms with Crippen LogP contribution in [0.5, 0.6) is 5.75 Å². The summed E-state index contributed by atoms with van der Waals surface area (Å²) in [6.07, 6.45) is 1.11. The summed E-state index contributed by atoms with van der Waals surface area (Å²) in [6.45, 7) is 7.84. The summed E-state index contributed by atoms with van der Waals surface area (Å²) in [5, 5.41) is 21.7. The van der Waals surface area contributed by atoms with Crippen LogP contribution in [0.1, 0.15) is 39.7 Å². The SMILES string of the molecule is CC(O)CN(C(=O)NC(C)CCc1ccc(O)cc1)C(C)C. The van der Waals surface area contributed by atoms with Gasteiger partial charge in [-0.2, -0.15) is 0 Å². The van der Waals surface area contributed by atoms with Gasteiger partial charge in [0.2, 0.25) is 0 Å². The zero-order valence-corrected chi connectivity index (χ0v) is 13.9. The molecule has 2 atom stereocenters. The monoisotopic (exact) mass is 308 g/mol. The Kier molecular flexibility index (Phi) is 7.18. The summed E-state index contributed by atoms with van der Waals surface area (Å²) in [5.41, 5.74) is 1.13. The molecule has 0 aliphatic rings. The number of aliphatic hydroxyl groups excluding tert-OH is 1. The van der Waals surface area contributed by atoms with E-state index in [1.807, 2.05) is 32.9 Å². The first-order valence-corrected chi connectivity index (χ1v) is 7.82. The third kappa shape index (κ3) is 6.35. The van der Waals surface area contributed by atoms with E-state index < -0.39 is 6.10 Å². The lowest BCUT2D eigenvalue weighted by molar-refractivity contribution is 0.117. The van der Waals surface area contributed by atoms with Crippen molar-refractivity contribution in [3.05, 3.63) is 29.8 Å². The Labute approximate surface area is 133 Å². The number of benzene rings is 1. The Morgan fingerprint density at radius 1 is 1.18 bits per heavy atom. The highest BCUT2D eigenvalue weighted by molar-refractivity contribution is 5.74. The van der Waals surface area contributed by atoms with Crippen LogP contribution < -0.4 is 5.32 Å². The van der Waals surface area contributed by atoms with Crippen molar-refractivity contribution in [3.8, 4) is 5.75 Å². The van der Waals surface area contributed by atoms with E-state index in [1.165, 1.54) is 0 Å². The second-order valence-electron chi connectivity index (χ2n) is 6.15. The third-order valence-corrected chi connectivity index (χ3v) is 3.52. The number of amides is 2. The Morgan fingerprint density at radius 3 is 2.27 bits per heavy atom. The van der Waals surface area contributed by atoms with E-state index in [1.54, 1.807) is 24.0 Å². The molecule has 1 aromatic carbocycles. The third-order valence-electron chi connectivity index (χ3n) is 3.52. The van der Waals surface area contributed by atoms with Crippen molar-refractivity contribution >= 4 is 6.03 Å². The maximum Gasteiger partial charge on any atom is 0.317 e. The molecule has 0 spiro atoms. The van der Waals surface area contributed by atoms with Crippen LogP contribution in [0.3, 0.4) is 0 Å². The van der Waals surface area contributed by atoms with Crippen molar-refractivity contribution in [3.63, 3.8) is 0 Å². The van der Waals surface area contributed by atoms with E-state index >= 15 is 0 Å². The first-order valence-electron chi connectivity index (χ1n) is 7.82. The Bertz CT molecular complexity index is 457. The van der Waals surface area contributed by atoms with Gasteiger partial charge in [-0.3, -0.25) is 0 Å². The van der Waals surface area contributed by atoms with Gasteiger partial charge in [0.25, 0.3) is 0 Å². The lowest BCUT2D eigenvalue weighted by Crippen LogP contribution is -2.49. The molecule has 0 bridgehead atoms. The van der Waals surface area contributed by atoms with Gasteiger partial charge in [0.1, 0.15) is 5.75 Å². The van der Waals surface area contributed by atoms with E-state index in [0.29, 0.717) is 6.54 Å². The van der Waals surface area contributed by atoms with Crippen LogP contribution in [0.2, 0.25) is 0 Å². The second kappa shape index (κ2) is 8.63. The number of carbonyl (C=O) groups excluding carboxylic acids is 1. The summed E-state index contributed by atoms with van der Waals surface area (Å²) >= 11 is 0. The fourth-order valence-corrected chi connectivity index (χ4v) is 2.22. The van der Waals surface area contributed by atoms with Gasteiger partial charge >= 0.3 is 6.03 Å². The van der Waals surface area contributed by atoms with Crippen molar-refractivity contribution in [2.24, 2.45) is 0 Å². The van der Waals surface area contributed by atoms with Crippen LogP contribution in [0.15, 0.2) is 24.3 Å². The number of hydrogen-bond donors (Lipinski definition) is 3. The molecule has 2 amide bonds. The number of rotatable bonds is 7. The van der Waals surface area contributed by atoms with Gasteiger partial charge in [0.05, 0.1) is 6.10 Å². The number of urea groups is 1. The lowest BCUT2D eigenvalue weighted by atomic mass is 10.1. The molecule has 5 nitrogen and oxygen atoms in total. The molecular formula is C17H28N2O3. The molecule has 124 valence electrons. The number of phenols is 1. The van der Waals surface area contributed by atoms with Crippen molar-refractivity contribution in [2.45, 2.75) is 58.7 Å². The molecule has 0 heterocycles. The summed E-state index contributed by atoms with van der Waals surface area (Å²) in [6, 6.07) is 7.04. The van der Waals surface area contributed by atoms with Crippen LogP contribution in [0, 0.1) is 0 Å². The van der Waals surface area contributed by atoms with E-state index in [-0.39, 0.29) is 23.9 Å². The number of nitrogens with zero attached hydrogens (tertiary/aromatic N) is 1. The number of phenolic OH excluding ortho intramolecular Hbond substituents is 1. The van der Waals surface area contributed by atoms with Crippen molar-refractivity contribution < 1.29 is 15.0 Å². The van der Waals surface area contributed by atoms with Gasteiger partial charge < -0.3 is 20.4 Å². The number of aliphatic hydroxyl groups is 1. The highest BCUT2D eigenvalue weighted by Crippen LogP contribution is 2.12. The van der Waals surface area contributed by atoms with Gasteiger partial charge in [-0.05, 0) is 58.2 Å². The van der Waals surface area contributed by atoms with E-state index in [4.69, 9.17) is 0 Å². The average Bonchev–Trinajstić information content (AvgIpc) is 2.43. The summed E-state index contributed by atoms with van der Waals surface area (Å²) in [7, 11) is 0. The number of hydrogen-bond acceptors (Lipinski definition) is 3. The van der Waals surface area contributed by atoms with Crippen molar-refractivity contribution in [1.29, 1.82) is 0 Å². The number of aryl methyl sites for hydroxylation is 1. The minimum Gasteiger partial charge on any atom is -0.508 e. The zero-order valence-electron chi connectivity index (χ0n) is 13.9. The van der Waals surface area contributed by atoms with Gasteiger partial charge in [0.15, 0.2) is 0 Å². The van der Waals surface area contributed by atoms with Crippen molar-refractivity contribution in [1.82, 2.24) is 10.2 Å². The molecule has 0 aliphatic carbocycles. The Morgan fingerprint density at radius 2 is 1.77 bits per heavy atom. The zero-order chi connectivity index (χ0) is 16.7. The smallest absolute Gasteiger partial charge is 0.317 e. The average molecular weight is 308 g/mol. The molecule has 5 heteroatoms. The standard InChI is InChI=1S/C17H28N2O3/c1-12(2)19(11-14(4)20)17(22)18-13(3)5-6-15-7-9-16(21)10-8-15/h7-10,12-14,20-21H,5-6,11H2,1-4H3,(H,18,22). The molecule has 3 N–H and O–H groups in total. The first kappa shape index (κ1) is 18.3. The molecular weight excluding hydrogens is 280 g/mol. The Hall–Kier alpha value is -1.75. The summed E-state index contributed by atoms with van der Waals surface area (Å²) in [5.74, 6) is 0.260. The first-order chi connectivity index (χ1) is 10.3. The predicted octanol–water partition coefficient (Wildman–Crippen LogP) is 2.51. The molecule has 1 aromatic rings. The topological polar surface area (TPSA) is 72.8 Å². The van der Waals surface area contributed by atoms with E-state index in [0.717, 1.165) is 18.4 Å². The number of carbonyl (C=O) groups is 1. The molecule has 0 saturated carbocycles. The van der Waals surface area contributed by atoms with Crippen LogP contribution >= 0.6 is 0 Å². The lowest BCUT2D eigenvalue weighted by Gasteiger charge is -2.29. The van der Waals surface area contributed by atoms with Crippen LogP contribution in [-0.2, 0) is 6.42 Å². The molecule has 0 aromatic heterocycles. The maximum absolute atomic E-state index is 12.3. The fourth-order valence-electron chi connectivity index (χ4n) is 2.22. The van der Waals surface area contributed by atoms with Gasteiger partial charge in [-0.1, -0.05) is 12.1 Å².